The van der Waals surface area contributed by atoms with Gasteiger partial charge in [0.05, 0.1) is 19.4 Å². The molecule has 0 spiro atoms. The van der Waals surface area contributed by atoms with Crippen LogP contribution < -0.4 is 20.7 Å². The highest BCUT2D eigenvalue weighted by atomic mass is 35.5. The molecule has 0 saturated heterocycles. The number of rotatable bonds is 7. The topological polar surface area (TPSA) is 96.5 Å². The Morgan fingerprint density at radius 1 is 1.39 bits per heavy atom. The van der Waals surface area contributed by atoms with Crippen molar-refractivity contribution in [3.63, 3.8) is 0 Å². The van der Waals surface area contributed by atoms with Crippen LogP contribution in [0.1, 0.15) is 6.92 Å². The van der Waals surface area contributed by atoms with Crippen LogP contribution in [0.25, 0.3) is 0 Å². The number of hydrogen-bond acceptors (Lipinski definition) is 7. The summed E-state index contributed by atoms with van der Waals surface area (Å²) < 4.78 is 5.30. The van der Waals surface area contributed by atoms with Crippen molar-refractivity contribution in [2.24, 2.45) is 0 Å². The summed E-state index contributed by atoms with van der Waals surface area (Å²) in [7, 11) is 1.57. The Kier molecular flexibility index (Phi) is 5.84. The van der Waals surface area contributed by atoms with Crippen LogP contribution in [-0.2, 0) is 0 Å². The third-order valence-corrected chi connectivity index (χ3v) is 3.56. The Morgan fingerprint density at radius 3 is 2.83 bits per heavy atom. The molecule has 0 radical (unpaired) electrons. The van der Waals surface area contributed by atoms with Crippen LogP contribution in [0, 0.1) is 0 Å². The number of nitrogens with one attached hydrogen (secondary N) is 1. The summed E-state index contributed by atoms with van der Waals surface area (Å²) in [6.07, 6.45) is 1.42. The molecule has 0 fully saturated rings. The molecule has 124 valence electrons. The van der Waals surface area contributed by atoms with Crippen LogP contribution in [0.4, 0.5) is 23.0 Å². The van der Waals surface area contributed by atoms with Gasteiger partial charge < -0.3 is 25.8 Å². The maximum atomic E-state index is 9.15. The van der Waals surface area contributed by atoms with Gasteiger partial charge in [-0.25, -0.2) is 9.97 Å². The number of benzene rings is 1. The number of hydrogen-bond donors (Lipinski definition) is 3. The Balaban J connectivity index is 2.36. The Hall–Kier alpha value is -2.25. The van der Waals surface area contributed by atoms with Crippen molar-refractivity contribution in [1.82, 2.24) is 9.97 Å². The van der Waals surface area contributed by atoms with E-state index in [1.165, 1.54) is 6.33 Å². The van der Waals surface area contributed by atoms with Gasteiger partial charge in [-0.3, -0.25) is 0 Å². The molecule has 2 aromatic rings. The van der Waals surface area contributed by atoms with Crippen molar-refractivity contribution >= 4 is 34.6 Å². The average Bonchev–Trinajstić information content (AvgIpc) is 2.55. The largest absolute Gasteiger partial charge is 0.495 e. The Labute approximate surface area is 140 Å². The number of aromatic nitrogens is 2. The molecule has 2 rings (SSSR count). The highest BCUT2D eigenvalue weighted by Crippen LogP contribution is 2.33. The van der Waals surface area contributed by atoms with Crippen molar-refractivity contribution in [3.8, 4) is 5.75 Å². The first-order valence-electron chi connectivity index (χ1n) is 7.17. The van der Waals surface area contributed by atoms with E-state index in [0.29, 0.717) is 46.9 Å². The van der Waals surface area contributed by atoms with Gasteiger partial charge in [0.2, 0.25) is 0 Å². The minimum atomic E-state index is 0.0160. The number of nitrogens with two attached hydrogens (primary N) is 1. The van der Waals surface area contributed by atoms with Crippen LogP contribution in [0.3, 0.4) is 0 Å². The lowest BCUT2D eigenvalue weighted by Gasteiger charge is -2.23. The minimum Gasteiger partial charge on any atom is -0.495 e. The normalized spacial score (nSPS) is 10.4. The van der Waals surface area contributed by atoms with Crippen molar-refractivity contribution in [3.05, 3.63) is 29.5 Å². The summed E-state index contributed by atoms with van der Waals surface area (Å²) >= 11 is 6.03. The number of anilines is 4. The van der Waals surface area contributed by atoms with E-state index in [4.69, 9.17) is 27.2 Å². The first-order chi connectivity index (χ1) is 11.1. The summed E-state index contributed by atoms with van der Waals surface area (Å²) in [6.45, 7) is 3.09. The van der Waals surface area contributed by atoms with Gasteiger partial charge in [-0.05, 0) is 25.1 Å². The summed E-state index contributed by atoms with van der Waals surface area (Å²) in [5.41, 5.74) is 7.23. The van der Waals surface area contributed by atoms with Crippen molar-refractivity contribution in [2.75, 3.05) is 42.8 Å². The van der Waals surface area contributed by atoms with Gasteiger partial charge in [-0.1, -0.05) is 11.6 Å². The molecule has 1 aromatic carbocycles. The highest BCUT2D eigenvalue weighted by molar-refractivity contribution is 6.31. The van der Waals surface area contributed by atoms with E-state index >= 15 is 0 Å². The number of ether oxygens (including phenoxy) is 1. The van der Waals surface area contributed by atoms with Crippen LogP contribution in [0.5, 0.6) is 5.75 Å². The highest BCUT2D eigenvalue weighted by Gasteiger charge is 2.15. The summed E-state index contributed by atoms with van der Waals surface area (Å²) in [6, 6.07) is 5.22. The van der Waals surface area contributed by atoms with E-state index < -0.39 is 0 Å². The zero-order chi connectivity index (χ0) is 16.8. The lowest BCUT2D eigenvalue weighted by molar-refractivity contribution is 0.302. The number of aliphatic hydroxyl groups excluding tert-OH is 1. The van der Waals surface area contributed by atoms with Gasteiger partial charge in [0.1, 0.15) is 17.8 Å². The molecule has 0 aliphatic heterocycles. The fraction of sp³-hybridized carbons (Fsp3) is 0.333. The number of aliphatic hydroxyl groups is 1. The smallest absolute Gasteiger partial charge is 0.159 e. The fourth-order valence-electron chi connectivity index (χ4n) is 2.18. The fourth-order valence-corrected chi connectivity index (χ4v) is 2.35. The number of nitrogen functional groups attached to an aromatic ring is 1. The van der Waals surface area contributed by atoms with E-state index in [-0.39, 0.29) is 6.61 Å². The average molecular weight is 338 g/mol. The van der Waals surface area contributed by atoms with Crippen LogP contribution in [0.2, 0.25) is 5.02 Å². The molecular formula is C15H20ClN5O2. The summed E-state index contributed by atoms with van der Waals surface area (Å²) in [5, 5.41) is 12.8. The SMILES string of the molecule is CCN(CCO)c1ncnc(Nc2cc(Cl)ccc2OC)c1N. The van der Waals surface area contributed by atoms with Gasteiger partial charge in [-0.15, -0.1) is 0 Å². The molecule has 0 aliphatic carbocycles. The van der Waals surface area contributed by atoms with E-state index in [1.807, 2.05) is 11.8 Å². The second kappa shape index (κ2) is 7.85. The lowest BCUT2D eigenvalue weighted by Crippen LogP contribution is -2.28. The van der Waals surface area contributed by atoms with Crippen LogP contribution >= 0.6 is 11.6 Å². The molecule has 4 N–H and O–H groups in total. The molecule has 1 aromatic heterocycles. The number of methoxy groups -OCH3 is 1. The summed E-state index contributed by atoms with van der Waals surface area (Å²) in [4.78, 5) is 10.3. The first kappa shape index (κ1) is 17.1. The lowest BCUT2D eigenvalue weighted by atomic mass is 10.2. The minimum absolute atomic E-state index is 0.0160. The molecule has 0 saturated carbocycles. The number of halogens is 1. The van der Waals surface area contributed by atoms with Crippen molar-refractivity contribution in [2.45, 2.75) is 6.92 Å². The summed E-state index contributed by atoms with van der Waals surface area (Å²) in [5.74, 6) is 1.64. The maximum absolute atomic E-state index is 9.15. The van der Waals surface area contributed by atoms with E-state index in [9.17, 15) is 0 Å². The quantitative estimate of drug-likeness (QED) is 0.713. The van der Waals surface area contributed by atoms with E-state index in [0.717, 1.165) is 0 Å². The third-order valence-electron chi connectivity index (χ3n) is 3.33. The molecule has 0 amide bonds. The molecule has 0 aliphatic rings. The first-order valence-corrected chi connectivity index (χ1v) is 7.55. The zero-order valence-electron chi connectivity index (χ0n) is 13.1. The second-order valence-corrected chi connectivity index (χ2v) is 5.17. The standard InChI is InChI=1S/C15H20ClN5O2/c1-3-21(6-7-22)15-13(17)14(18-9-19-15)20-11-8-10(16)4-5-12(11)23-2/h4-5,8-9,22H,3,6-7,17H2,1-2H3,(H,18,19,20). The number of likely N-dealkylation sites (N-methyl/N-ethyl adjacent to an activating group) is 1. The van der Waals surface area contributed by atoms with Crippen LogP contribution in [-0.4, -0.2) is 41.9 Å². The molecular weight excluding hydrogens is 318 g/mol. The molecule has 0 unspecified atom stereocenters. The van der Waals surface area contributed by atoms with Crippen molar-refractivity contribution in [1.29, 1.82) is 0 Å². The van der Waals surface area contributed by atoms with E-state index in [1.54, 1.807) is 25.3 Å². The predicted molar refractivity (Wildman–Crippen MR) is 92.7 cm³/mol. The van der Waals surface area contributed by atoms with Crippen LogP contribution in [0.15, 0.2) is 24.5 Å². The van der Waals surface area contributed by atoms with Gasteiger partial charge in [0, 0.05) is 18.1 Å². The Morgan fingerprint density at radius 2 is 2.17 bits per heavy atom. The molecule has 7 nitrogen and oxygen atoms in total. The second-order valence-electron chi connectivity index (χ2n) is 4.73. The molecule has 0 atom stereocenters. The molecule has 0 bridgehead atoms. The monoisotopic (exact) mass is 337 g/mol. The zero-order valence-corrected chi connectivity index (χ0v) is 13.8. The van der Waals surface area contributed by atoms with Gasteiger partial charge in [0.25, 0.3) is 0 Å². The van der Waals surface area contributed by atoms with Gasteiger partial charge in [-0.2, -0.15) is 0 Å². The molecule has 8 heteroatoms. The third kappa shape index (κ3) is 3.94. The predicted octanol–water partition coefficient (Wildman–Crippen LogP) is 2.28. The number of nitrogens with zero attached hydrogens (tertiary/aromatic N) is 3. The Bertz CT molecular complexity index is 668. The van der Waals surface area contributed by atoms with Gasteiger partial charge >= 0.3 is 0 Å². The maximum Gasteiger partial charge on any atom is 0.159 e. The van der Waals surface area contributed by atoms with E-state index in [2.05, 4.69) is 15.3 Å². The molecule has 23 heavy (non-hydrogen) atoms. The molecule has 1 heterocycles. The van der Waals surface area contributed by atoms with Crippen molar-refractivity contribution < 1.29 is 9.84 Å². The van der Waals surface area contributed by atoms with Gasteiger partial charge in [0.15, 0.2) is 11.6 Å².